The normalized spacial score (nSPS) is 10.7. The van der Waals surface area contributed by atoms with Crippen molar-refractivity contribution in [2.45, 2.75) is 0 Å². The number of hydrogen-bond acceptors (Lipinski definition) is 5. The van der Waals surface area contributed by atoms with Crippen LogP contribution in [-0.2, 0) is 4.74 Å². The lowest BCUT2D eigenvalue weighted by Crippen LogP contribution is -2.05. The molecular formula is C20H15N3O3. The second-order valence-corrected chi connectivity index (χ2v) is 5.58. The number of benzene rings is 2. The molecule has 4 aromatic rings. The Bertz CT molecular complexity index is 1070. The van der Waals surface area contributed by atoms with Gasteiger partial charge < -0.3 is 9.47 Å². The first-order valence-corrected chi connectivity index (χ1v) is 8.00. The second kappa shape index (κ2) is 6.68. The van der Waals surface area contributed by atoms with Gasteiger partial charge in [0.25, 0.3) is 0 Å². The number of aromatic amines is 1. The van der Waals surface area contributed by atoms with E-state index in [-0.39, 0.29) is 0 Å². The van der Waals surface area contributed by atoms with E-state index in [2.05, 4.69) is 15.2 Å². The van der Waals surface area contributed by atoms with Gasteiger partial charge in [-0.25, -0.2) is 9.78 Å². The molecule has 0 unspecified atom stereocenters. The molecule has 0 fully saturated rings. The lowest BCUT2D eigenvalue weighted by molar-refractivity contribution is 0.0598. The van der Waals surface area contributed by atoms with Crippen LogP contribution in [0.5, 0.6) is 11.5 Å². The van der Waals surface area contributed by atoms with Crippen molar-refractivity contribution >= 4 is 17.0 Å². The smallest absolute Gasteiger partial charge is 0.341 e. The number of para-hydroxylation sites is 2. The Kier molecular flexibility index (Phi) is 4.07. The van der Waals surface area contributed by atoms with Crippen LogP contribution in [0.25, 0.3) is 22.2 Å². The van der Waals surface area contributed by atoms with Crippen LogP contribution >= 0.6 is 0 Å². The van der Waals surface area contributed by atoms with Crippen LogP contribution in [0.1, 0.15) is 10.4 Å². The van der Waals surface area contributed by atoms with Gasteiger partial charge in [0.15, 0.2) is 5.65 Å². The number of methoxy groups -OCH3 is 1. The van der Waals surface area contributed by atoms with Crippen molar-refractivity contribution < 1.29 is 14.3 Å². The fraction of sp³-hybridized carbons (Fsp3) is 0.0500. The quantitative estimate of drug-likeness (QED) is 0.561. The molecule has 0 aliphatic heterocycles. The molecule has 0 aliphatic rings. The Morgan fingerprint density at radius 1 is 1.00 bits per heavy atom. The predicted octanol–water partition coefficient (Wildman–Crippen LogP) is 4.20. The first-order valence-electron chi connectivity index (χ1n) is 8.00. The molecule has 1 N–H and O–H groups in total. The molecule has 2 aromatic carbocycles. The third-order valence-electron chi connectivity index (χ3n) is 4.03. The highest BCUT2D eigenvalue weighted by Crippen LogP contribution is 2.39. The van der Waals surface area contributed by atoms with Crippen LogP contribution < -0.4 is 4.74 Å². The molecule has 0 amide bonds. The summed E-state index contributed by atoms with van der Waals surface area (Å²) in [5.74, 6) is 0.595. The number of hydrogen-bond donors (Lipinski definition) is 1. The highest BCUT2D eigenvalue weighted by atomic mass is 16.5. The first kappa shape index (κ1) is 15.8. The highest BCUT2D eigenvalue weighted by molar-refractivity contribution is 6.00. The van der Waals surface area contributed by atoms with Gasteiger partial charge in [-0.15, -0.1) is 0 Å². The van der Waals surface area contributed by atoms with Gasteiger partial charge in [-0.1, -0.05) is 30.3 Å². The van der Waals surface area contributed by atoms with Gasteiger partial charge in [0.1, 0.15) is 17.1 Å². The fourth-order valence-corrected chi connectivity index (χ4v) is 2.82. The minimum atomic E-state index is -0.463. The molecule has 26 heavy (non-hydrogen) atoms. The summed E-state index contributed by atoms with van der Waals surface area (Å²) in [6, 6.07) is 16.5. The second-order valence-electron chi connectivity index (χ2n) is 5.58. The summed E-state index contributed by atoms with van der Waals surface area (Å²) in [7, 11) is 1.35. The molecule has 4 rings (SSSR count). The average Bonchev–Trinajstić information content (AvgIpc) is 3.17. The van der Waals surface area contributed by atoms with Crippen molar-refractivity contribution in [1.29, 1.82) is 0 Å². The zero-order valence-electron chi connectivity index (χ0n) is 14.0. The Morgan fingerprint density at radius 2 is 1.85 bits per heavy atom. The molecule has 0 aliphatic carbocycles. The lowest BCUT2D eigenvalue weighted by Gasteiger charge is -2.15. The number of rotatable bonds is 4. The fourth-order valence-electron chi connectivity index (χ4n) is 2.82. The summed E-state index contributed by atoms with van der Waals surface area (Å²) in [6.45, 7) is 0. The number of aromatic nitrogens is 3. The maximum atomic E-state index is 12.3. The van der Waals surface area contributed by atoms with E-state index in [1.807, 2.05) is 42.5 Å². The number of ether oxygens (including phenoxy) is 2. The minimum absolute atomic E-state index is 0.349. The van der Waals surface area contributed by atoms with Gasteiger partial charge in [-0.05, 0) is 29.8 Å². The van der Waals surface area contributed by atoms with E-state index in [0.29, 0.717) is 22.7 Å². The predicted molar refractivity (Wildman–Crippen MR) is 97.2 cm³/mol. The molecule has 0 bridgehead atoms. The van der Waals surface area contributed by atoms with Gasteiger partial charge in [0.05, 0.1) is 13.3 Å². The Balaban J connectivity index is 1.94. The van der Waals surface area contributed by atoms with Crippen LogP contribution in [0, 0.1) is 0 Å². The van der Waals surface area contributed by atoms with Gasteiger partial charge in [0.2, 0.25) is 0 Å². The summed E-state index contributed by atoms with van der Waals surface area (Å²) >= 11 is 0. The minimum Gasteiger partial charge on any atom is -0.465 e. The number of esters is 1. The SMILES string of the molecule is COC(=O)c1cccc(-c2ccnc3[nH]ncc23)c1Oc1ccccc1. The van der Waals surface area contributed by atoms with E-state index in [1.54, 1.807) is 24.5 Å². The molecule has 0 radical (unpaired) electrons. The van der Waals surface area contributed by atoms with E-state index >= 15 is 0 Å². The Hall–Kier alpha value is -3.67. The van der Waals surface area contributed by atoms with E-state index in [1.165, 1.54) is 7.11 Å². The van der Waals surface area contributed by atoms with Gasteiger partial charge >= 0.3 is 5.97 Å². The highest BCUT2D eigenvalue weighted by Gasteiger charge is 2.20. The summed E-state index contributed by atoms with van der Waals surface area (Å²) in [6.07, 6.45) is 3.39. The Labute approximate surface area is 149 Å². The van der Waals surface area contributed by atoms with Crippen molar-refractivity contribution in [3.05, 3.63) is 72.6 Å². The van der Waals surface area contributed by atoms with E-state index in [9.17, 15) is 4.79 Å². The molecule has 0 atom stereocenters. The van der Waals surface area contributed by atoms with E-state index in [4.69, 9.17) is 9.47 Å². The number of nitrogens with one attached hydrogen (secondary N) is 1. The zero-order chi connectivity index (χ0) is 17.9. The zero-order valence-corrected chi connectivity index (χ0v) is 14.0. The maximum absolute atomic E-state index is 12.3. The standard InChI is InChI=1S/C20H15N3O3/c1-25-20(24)16-9-5-8-15(18(16)26-13-6-3-2-4-7-13)14-10-11-21-19-17(14)12-22-23-19/h2-12H,1H3,(H,21,22,23). The van der Waals surface area contributed by atoms with Crippen LogP contribution in [0.15, 0.2) is 67.0 Å². The largest absolute Gasteiger partial charge is 0.465 e. The number of carbonyl (C=O) groups is 1. The summed E-state index contributed by atoms with van der Waals surface area (Å²) in [4.78, 5) is 16.6. The average molecular weight is 345 g/mol. The summed E-state index contributed by atoms with van der Waals surface area (Å²) in [5, 5.41) is 7.75. The molecule has 6 heteroatoms. The topological polar surface area (TPSA) is 77.1 Å². The number of pyridine rings is 1. The van der Waals surface area contributed by atoms with Crippen LogP contribution in [0.3, 0.4) is 0 Å². The van der Waals surface area contributed by atoms with E-state index < -0.39 is 5.97 Å². The lowest BCUT2D eigenvalue weighted by atomic mass is 10.00. The number of carbonyl (C=O) groups excluding carboxylic acids is 1. The number of nitrogens with zero attached hydrogens (tertiary/aromatic N) is 2. The van der Waals surface area contributed by atoms with Gasteiger partial charge in [-0.3, -0.25) is 5.10 Å². The molecule has 0 saturated heterocycles. The molecule has 0 saturated carbocycles. The first-order chi connectivity index (χ1) is 12.8. The third kappa shape index (κ3) is 2.77. The number of H-pyrrole nitrogens is 1. The monoisotopic (exact) mass is 345 g/mol. The molecule has 0 spiro atoms. The molecular weight excluding hydrogens is 330 g/mol. The molecule has 6 nitrogen and oxygen atoms in total. The van der Waals surface area contributed by atoms with E-state index in [0.717, 1.165) is 16.5 Å². The van der Waals surface area contributed by atoms with Crippen molar-refractivity contribution in [3.8, 4) is 22.6 Å². The van der Waals surface area contributed by atoms with Gasteiger partial charge in [-0.2, -0.15) is 5.10 Å². The Morgan fingerprint density at radius 3 is 2.65 bits per heavy atom. The van der Waals surface area contributed by atoms with Crippen molar-refractivity contribution in [3.63, 3.8) is 0 Å². The molecule has 128 valence electrons. The van der Waals surface area contributed by atoms with Crippen LogP contribution in [-0.4, -0.2) is 28.3 Å². The van der Waals surface area contributed by atoms with Crippen LogP contribution in [0.4, 0.5) is 0 Å². The third-order valence-corrected chi connectivity index (χ3v) is 4.03. The van der Waals surface area contributed by atoms with Crippen LogP contribution in [0.2, 0.25) is 0 Å². The molecule has 2 heterocycles. The molecule has 2 aromatic heterocycles. The summed E-state index contributed by atoms with van der Waals surface area (Å²) < 4.78 is 11.0. The van der Waals surface area contributed by atoms with Crippen molar-refractivity contribution in [2.75, 3.05) is 7.11 Å². The number of fused-ring (bicyclic) bond motifs is 1. The van der Waals surface area contributed by atoms with Gasteiger partial charge in [0, 0.05) is 17.1 Å². The van der Waals surface area contributed by atoms with Crippen molar-refractivity contribution in [2.24, 2.45) is 0 Å². The maximum Gasteiger partial charge on any atom is 0.341 e. The van der Waals surface area contributed by atoms with Crippen molar-refractivity contribution in [1.82, 2.24) is 15.2 Å². The summed E-state index contributed by atoms with van der Waals surface area (Å²) in [5.41, 5.74) is 2.63.